The van der Waals surface area contributed by atoms with Crippen LogP contribution in [0.4, 0.5) is 0 Å². The minimum Gasteiger partial charge on any atom is -0.388 e. The zero-order valence-corrected chi connectivity index (χ0v) is 4.32. The van der Waals surface area contributed by atoms with E-state index in [9.17, 15) is 0 Å². The van der Waals surface area contributed by atoms with Crippen molar-refractivity contribution in [2.45, 2.75) is 18.4 Å². The second-order valence-corrected chi connectivity index (χ2v) is 1.86. The molecule has 3 atom stereocenters. The van der Waals surface area contributed by atoms with Crippen LogP contribution in [0.2, 0.25) is 0 Å². The van der Waals surface area contributed by atoms with Crippen LogP contribution in [0.1, 0.15) is 0 Å². The van der Waals surface area contributed by atoms with Crippen LogP contribution in [0.5, 0.6) is 0 Å². The number of nitrogens with two attached hydrogens (primary N) is 1. The van der Waals surface area contributed by atoms with Gasteiger partial charge in [-0.15, -0.1) is 0 Å². The summed E-state index contributed by atoms with van der Waals surface area (Å²) in [6.07, 6.45) is -2.41. The number of aliphatic hydroxyl groups excluding tert-OH is 2. The standard InChI is InChI=1S/C4H9NO3/c5-4-3(7)2(6)1-8-4/h2-4,6-7H,1,5H2/t2-,3-,4?/m1/s1. The van der Waals surface area contributed by atoms with Crippen molar-refractivity contribution in [3.05, 3.63) is 0 Å². The number of aliphatic hydroxyl groups is 2. The molecule has 0 aromatic rings. The van der Waals surface area contributed by atoms with Gasteiger partial charge in [0.1, 0.15) is 18.4 Å². The molecule has 48 valence electrons. The predicted molar refractivity (Wildman–Crippen MR) is 25.9 cm³/mol. The van der Waals surface area contributed by atoms with Crippen LogP contribution in [0.25, 0.3) is 0 Å². The van der Waals surface area contributed by atoms with Gasteiger partial charge in [-0.25, -0.2) is 0 Å². The van der Waals surface area contributed by atoms with Crippen molar-refractivity contribution < 1.29 is 14.9 Å². The summed E-state index contributed by atoms with van der Waals surface area (Å²) in [4.78, 5) is 0. The normalized spacial score (nSPS) is 47.6. The highest BCUT2D eigenvalue weighted by molar-refractivity contribution is 4.78. The van der Waals surface area contributed by atoms with E-state index in [4.69, 9.17) is 15.9 Å². The van der Waals surface area contributed by atoms with E-state index in [0.717, 1.165) is 0 Å². The lowest BCUT2D eigenvalue weighted by molar-refractivity contribution is 0.0265. The molecule has 1 aliphatic heterocycles. The number of rotatable bonds is 0. The summed E-state index contributed by atoms with van der Waals surface area (Å²) in [5.74, 6) is 0. The first kappa shape index (κ1) is 5.97. The largest absolute Gasteiger partial charge is 0.388 e. The summed E-state index contributed by atoms with van der Waals surface area (Å²) in [6, 6.07) is 0. The van der Waals surface area contributed by atoms with Crippen molar-refractivity contribution >= 4 is 0 Å². The van der Waals surface area contributed by atoms with Crippen LogP contribution < -0.4 is 5.73 Å². The molecule has 0 radical (unpaired) electrons. The molecule has 1 aliphatic rings. The van der Waals surface area contributed by atoms with Crippen molar-refractivity contribution in [1.82, 2.24) is 0 Å². The zero-order chi connectivity index (χ0) is 6.15. The topological polar surface area (TPSA) is 75.7 Å². The van der Waals surface area contributed by atoms with Gasteiger partial charge in [0, 0.05) is 0 Å². The van der Waals surface area contributed by atoms with Gasteiger partial charge in [-0.05, 0) is 0 Å². The van der Waals surface area contributed by atoms with Gasteiger partial charge in [-0.2, -0.15) is 0 Å². The zero-order valence-electron chi connectivity index (χ0n) is 4.32. The molecule has 4 heteroatoms. The fourth-order valence-corrected chi connectivity index (χ4v) is 0.626. The van der Waals surface area contributed by atoms with E-state index >= 15 is 0 Å². The number of ether oxygens (including phenoxy) is 1. The summed E-state index contributed by atoms with van der Waals surface area (Å²) in [6.45, 7) is 0.141. The first-order valence-electron chi connectivity index (χ1n) is 2.45. The van der Waals surface area contributed by atoms with Crippen LogP contribution in [0.15, 0.2) is 0 Å². The molecule has 1 unspecified atom stereocenters. The molecule has 0 aliphatic carbocycles. The molecule has 1 fully saturated rings. The molecular formula is C4H9NO3. The Morgan fingerprint density at radius 2 is 2.12 bits per heavy atom. The van der Waals surface area contributed by atoms with Gasteiger partial charge in [0.2, 0.25) is 0 Å². The highest BCUT2D eigenvalue weighted by Crippen LogP contribution is 2.08. The maximum Gasteiger partial charge on any atom is 0.134 e. The molecule has 4 N–H and O–H groups in total. The molecule has 4 nitrogen and oxygen atoms in total. The van der Waals surface area contributed by atoms with E-state index in [2.05, 4.69) is 4.74 Å². The maximum absolute atomic E-state index is 8.77. The predicted octanol–water partition coefficient (Wildman–Crippen LogP) is -1.98. The van der Waals surface area contributed by atoms with Crippen molar-refractivity contribution in [3.8, 4) is 0 Å². The molecule has 0 aromatic heterocycles. The Balaban J connectivity index is 2.44. The van der Waals surface area contributed by atoms with E-state index in [1.54, 1.807) is 0 Å². The molecule has 0 bridgehead atoms. The molecule has 0 spiro atoms. The first-order chi connectivity index (χ1) is 3.72. The molecule has 0 amide bonds. The lowest BCUT2D eigenvalue weighted by Crippen LogP contribution is -2.35. The van der Waals surface area contributed by atoms with Gasteiger partial charge < -0.3 is 20.7 Å². The lowest BCUT2D eigenvalue weighted by Gasteiger charge is -2.07. The van der Waals surface area contributed by atoms with E-state index in [1.807, 2.05) is 0 Å². The van der Waals surface area contributed by atoms with Crippen molar-refractivity contribution in [2.24, 2.45) is 5.73 Å². The lowest BCUT2D eigenvalue weighted by atomic mass is 10.2. The average Bonchev–Trinajstić information content (AvgIpc) is 1.98. The van der Waals surface area contributed by atoms with Gasteiger partial charge in [-0.3, -0.25) is 0 Å². The van der Waals surface area contributed by atoms with Crippen LogP contribution in [0.3, 0.4) is 0 Å². The maximum atomic E-state index is 8.77. The van der Waals surface area contributed by atoms with Crippen LogP contribution in [-0.4, -0.2) is 35.3 Å². The summed E-state index contributed by atoms with van der Waals surface area (Å²) in [5, 5.41) is 17.5. The SMILES string of the molecule is NC1OC[C@@H](O)[C@H]1O. The number of hydrogen-bond acceptors (Lipinski definition) is 4. The summed E-state index contributed by atoms with van der Waals surface area (Å²) >= 11 is 0. The minimum atomic E-state index is -0.907. The third kappa shape index (κ3) is 0.830. The molecule has 0 aromatic carbocycles. The third-order valence-electron chi connectivity index (χ3n) is 1.19. The summed E-state index contributed by atoms with van der Waals surface area (Å²) in [5.41, 5.74) is 5.14. The van der Waals surface area contributed by atoms with Crippen LogP contribution >= 0.6 is 0 Å². The van der Waals surface area contributed by atoms with Crippen LogP contribution in [0, 0.1) is 0 Å². The molecule has 1 saturated heterocycles. The van der Waals surface area contributed by atoms with E-state index in [-0.39, 0.29) is 6.61 Å². The Labute approximate surface area is 46.9 Å². The highest BCUT2D eigenvalue weighted by atomic mass is 16.5. The Bertz CT molecular complexity index is 77.4. The van der Waals surface area contributed by atoms with Gasteiger partial charge in [0.05, 0.1) is 6.61 Å². The molecular weight excluding hydrogens is 110 g/mol. The smallest absolute Gasteiger partial charge is 0.134 e. The van der Waals surface area contributed by atoms with Crippen molar-refractivity contribution in [2.75, 3.05) is 6.61 Å². The minimum absolute atomic E-state index is 0.141. The Hall–Kier alpha value is -0.160. The average molecular weight is 119 g/mol. The first-order valence-corrected chi connectivity index (χ1v) is 2.45. The quantitative estimate of drug-likeness (QED) is 0.345. The Morgan fingerprint density at radius 3 is 2.25 bits per heavy atom. The summed E-state index contributed by atoms with van der Waals surface area (Å²) < 4.78 is 4.66. The van der Waals surface area contributed by atoms with E-state index < -0.39 is 18.4 Å². The Kier molecular flexibility index (Phi) is 1.48. The van der Waals surface area contributed by atoms with Gasteiger partial charge in [-0.1, -0.05) is 0 Å². The second-order valence-electron chi connectivity index (χ2n) is 1.86. The fourth-order valence-electron chi connectivity index (χ4n) is 0.626. The molecule has 0 saturated carbocycles. The Morgan fingerprint density at radius 1 is 1.50 bits per heavy atom. The van der Waals surface area contributed by atoms with Gasteiger partial charge >= 0.3 is 0 Å². The van der Waals surface area contributed by atoms with Crippen LogP contribution in [-0.2, 0) is 4.74 Å². The van der Waals surface area contributed by atoms with Gasteiger partial charge in [0.25, 0.3) is 0 Å². The van der Waals surface area contributed by atoms with Gasteiger partial charge in [0.15, 0.2) is 0 Å². The van der Waals surface area contributed by atoms with E-state index in [0.29, 0.717) is 0 Å². The molecule has 1 heterocycles. The van der Waals surface area contributed by atoms with Crippen molar-refractivity contribution in [1.29, 1.82) is 0 Å². The second kappa shape index (κ2) is 1.99. The fraction of sp³-hybridized carbons (Fsp3) is 1.00. The van der Waals surface area contributed by atoms with Crippen molar-refractivity contribution in [3.63, 3.8) is 0 Å². The van der Waals surface area contributed by atoms with E-state index in [1.165, 1.54) is 0 Å². The number of hydrogen-bond donors (Lipinski definition) is 3. The summed E-state index contributed by atoms with van der Waals surface area (Å²) in [7, 11) is 0. The third-order valence-corrected chi connectivity index (χ3v) is 1.19. The molecule has 8 heavy (non-hydrogen) atoms. The monoisotopic (exact) mass is 119 g/mol. The highest BCUT2D eigenvalue weighted by Gasteiger charge is 2.31. The molecule has 1 rings (SSSR count).